The molecule has 0 atom stereocenters. The van der Waals surface area contributed by atoms with E-state index in [-0.39, 0.29) is 4.90 Å². The number of nitrogens with zero attached hydrogens (tertiary/aromatic N) is 1. The molecule has 0 fully saturated rings. The van der Waals surface area contributed by atoms with Crippen molar-refractivity contribution in [3.05, 3.63) is 88.7 Å². The third-order valence-corrected chi connectivity index (χ3v) is 5.72. The Labute approximate surface area is 164 Å². The third kappa shape index (κ3) is 4.64. The number of halogens is 1. The largest absolute Gasteiger partial charge is 0.280 e. The maximum absolute atomic E-state index is 13.0. The van der Waals surface area contributed by atoms with E-state index in [0.29, 0.717) is 11.4 Å². The van der Waals surface area contributed by atoms with Crippen LogP contribution in [-0.4, -0.2) is 14.6 Å². The summed E-state index contributed by atoms with van der Waals surface area (Å²) in [6.45, 7) is 6.14. The lowest BCUT2D eigenvalue weighted by atomic mass is 10.0. The number of anilines is 1. The predicted octanol–water partition coefficient (Wildman–Crippen LogP) is 5.30. The van der Waals surface area contributed by atoms with E-state index < -0.39 is 15.8 Å². The Morgan fingerprint density at radius 2 is 1.46 bits per heavy atom. The fraction of sp³-hybridized carbons (Fsp3) is 0.136. The van der Waals surface area contributed by atoms with E-state index in [2.05, 4.69) is 28.8 Å². The summed E-state index contributed by atoms with van der Waals surface area (Å²) in [6.07, 6.45) is 1.80. The fourth-order valence-corrected chi connectivity index (χ4v) is 4.04. The van der Waals surface area contributed by atoms with Gasteiger partial charge in [0, 0.05) is 11.9 Å². The smallest absolute Gasteiger partial charge is 0.261 e. The number of benzene rings is 3. The lowest BCUT2D eigenvalue weighted by Gasteiger charge is -2.08. The van der Waals surface area contributed by atoms with Crippen molar-refractivity contribution in [1.29, 1.82) is 0 Å². The molecule has 0 aliphatic rings. The van der Waals surface area contributed by atoms with Gasteiger partial charge in [0.05, 0.1) is 10.6 Å². The van der Waals surface area contributed by atoms with Gasteiger partial charge in [-0.05, 0) is 86.0 Å². The topological polar surface area (TPSA) is 58.5 Å². The van der Waals surface area contributed by atoms with E-state index in [1.807, 2.05) is 13.8 Å². The summed E-state index contributed by atoms with van der Waals surface area (Å²) in [5, 5.41) is 0. The van der Waals surface area contributed by atoms with E-state index in [4.69, 9.17) is 0 Å². The molecular weight excluding hydrogens is 375 g/mol. The van der Waals surface area contributed by atoms with Crippen molar-refractivity contribution in [3.63, 3.8) is 0 Å². The zero-order valence-electron chi connectivity index (χ0n) is 15.9. The molecule has 0 radical (unpaired) electrons. The maximum Gasteiger partial charge on any atom is 0.261 e. The van der Waals surface area contributed by atoms with Crippen LogP contribution < -0.4 is 4.72 Å². The Bertz CT molecular complexity index is 1100. The summed E-state index contributed by atoms with van der Waals surface area (Å²) in [5.74, 6) is -0.427. The molecule has 0 saturated heterocycles. The average molecular weight is 396 g/mol. The summed E-state index contributed by atoms with van der Waals surface area (Å²) in [5.41, 5.74) is 5.50. The highest BCUT2D eigenvalue weighted by molar-refractivity contribution is 7.92. The fourth-order valence-electron chi connectivity index (χ4n) is 2.98. The monoisotopic (exact) mass is 396 g/mol. The van der Waals surface area contributed by atoms with E-state index in [1.54, 1.807) is 18.3 Å². The molecule has 28 heavy (non-hydrogen) atoms. The van der Waals surface area contributed by atoms with Crippen LogP contribution >= 0.6 is 0 Å². The Kier molecular flexibility index (Phi) is 5.61. The van der Waals surface area contributed by atoms with Gasteiger partial charge in [0.1, 0.15) is 5.82 Å². The van der Waals surface area contributed by atoms with Crippen LogP contribution in [0, 0.1) is 26.6 Å². The predicted molar refractivity (Wildman–Crippen MR) is 112 cm³/mol. The van der Waals surface area contributed by atoms with Crippen LogP contribution in [0.5, 0.6) is 0 Å². The van der Waals surface area contributed by atoms with Gasteiger partial charge in [0.25, 0.3) is 10.0 Å². The standard InChI is InChI=1S/C22H21FN2O2S/c1-15-12-16(2)22(17(3)13-15)14-24-19-8-10-21(11-9-19)28(26,27)25-20-6-4-18(23)5-7-20/h4-14,25H,1-3H3. The lowest BCUT2D eigenvalue weighted by Crippen LogP contribution is -2.12. The van der Waals surface area contributed by atoms with Gasteiger partial charge < -0.3 is 0 Å². The zero-order chi connectivity index (χ0) is 20.3. The Morgan fingerprint density at radius 3 is 2.04 bits per heavy atom. The summed E-state index contributed by atoms with van der Waals surface area (Å²) in [4.78, 5) is 4.57. The highest BCUT2D eigenvalue weighted by atomic mass is 32.2. The van der Waals surface area contributed by atoms with Gasteiger partial charge in [-0.3, -0.25) is 9.71 Å². The number of hydrogen-bond donors (Lipinski definition) is 1. The van der Waals surface area contributed by atoms with Crippen molar-refractivity contribution in [2.75, 3.05) is 4.72 Å². The van der Waals surface area contributed by atoms with Gasteiger partial charge in [0.2, 0.25) is 0 Å². The highest BCUT2D eigenvalue weighted by Crippen LogP contribution is 2.21. The summed E-state index contributed by atoms with van der Waals surface area (Å²) in [7, 11) is -3.75. The number of aryl methyl sites for hydroxylation is 3. The molecule has 3 aromatic rings. The van der Waals surface area contributed by atoms with Gasteiger partial charge >= 0.3 is 0 Å². The summed E-state index contributed by atoms with van der Waals surface area (Å²) >= 11 is 0. The van der Waals surface area contributed by atoms with Crippen molar-refractivity contribution >= 4 is 27.6 Å². The van der Waals surface area contributed by atoms with Crippen LogP contribution in [0.3, 0.4) is 0 Å². The minimum absolute atomic E-state index is 0.110. The van der Waals surface area contributed by atoms with Crippen molar-refractivity contribution < 1.29 is 12.8 Å². The number of nitrogens with one attached hydrogen (secondary N) is 1. The molecule has 0 bridgehead atoms. The van der Waals surface area contributed by atoms with E-state index in [1.165, 1.54) is 42.0 Å². The Balaban J connectivity index is 1.78. The summed E-state index contributed by atoms with van der Waals surface area (Å²) in [6, 6.07) is 15.6. The van der Waals surface area contributed by atoms with Gasteiger partial charge in [0.15, 0.2) is 0 Å². The van der Waals surface area contributed by atoms with Crippen molar-refractivity contribution in [3.8, 4) is 0 Å². The SMILES string of the molecule is Cc1cc(C)c(C=Nc2ccc(S(=O)(=O)Nc3ccc(F)cc3)cc2)c(C)c1. The van der Waals surface area contributed by atoms with Gasteiger partial charge in [-0.1, -0.05) is 17.7 Å². The number of hydrogen-bond acceptors (Lipinski definition) is 3. The number of rotatable bonds is 5. The van der Waals surface area contributed by atoms with Crippen LogP contribution in [0.4, 0.5) is 15.8 Å². The van der Waals surface area contributed by atoms with E-state index in [9.17, 15) is 12.8 Å². The molecular formula is C22H21FN2O2S. The molecule has 0 saturated carbocycles. The molecule has 3 rings (SSSR count). The first-order valence-electron chi connectivity index (χ1n) is 8.75. The third-order valence-electron chi connectivity index (χ3n) is 4.32. The average Bonchev–Trinajstić information content (AvgIpc) is 2.63. The molecule has 0 aliphatic carbocycles. The highest BCUT2D eigenvalue weighted by Gasteiger charge is 2.14. The lowest BCUT2D eigenvalue weighted by molar-refractivity contribution is 0.601. The number of aliphatic imine (C=N–C) groups is 1. The quantitative estimate of drug-likeness (QED) is 0.595. The Morgan fingerprint density at radius 1 is 0.893 bits per heavy atom. The second kappa shape index (κ2) is 7.94. The van der Waals surface area contributed by atoms with Crippen LogP contribution in [0.2, 0.25) is 0 Å². The molecule has 0 amide bonds. The zero-order valence-corrected chi connectivity index (χ0v) is 16.7. The normalized spacial score (nSPS) is 11.7. The minimum atomic E-state index is -3.75. The van der Waals surface area contributed by atoms with Crippen LogP contribution in [0.25, 0.3) is 0 Å². The Hall–Kier alpha value is -2.99. The summed E-state index contributed by atoms with van der Waals surface area (Å²) < 4.78 is 40.3. The molecule has 0 heterocycles. The van der Waals surface area contributed by atoms with E-state index >= 15 is 0 Å². The molecule has 6 heteroatoms. The molecule has 0 aliphatic heterocycles. The van der Waals surface area contributed by atoms with Gasteiger partial charge in [-0.15, -0.1) is 0 Å². The molecule has 0 unspecified atom stereocenters. The second-order valence-corrected chi connectivity index (χ2v) is 8.36. The maximum atomic E-state index is 13.0. The van der Waals surface area contributed by atoms with Crippen LogP contribution in [0.1, 0.15) is 22.3 Å². The van der Waals surface area contributed by atoms with Crippen LogP contribution in [-0.2, 0) is 10.0 Å². The molecule has 3 aromatic carbocycles. The molecule has 4 nitrogen and oxygen atoms in total. The van der Waals surface area contributed by atoms with E-state index in [0.717, 1.165) is 16.7 Å². The molecule has 0 aromatic heterocycles. The van der Waals surface area contributed by atoms with Crippen molar-refractivity contribution in [1.82, 2.24) is 0 Å². The van der Waals surface area contributed by atoms with Crippen molar-refractivity contribution in [2.45, 2.75) is 25.7 Å². The first kappa shape index (κ1) is 19.8. The minimum Gasteiger partial charge on any atom is -0.280 e. The van der Waals surface area contributed by atoms with Crippen molar-refractivity contribution in [2.24, 2.45) is 4.99 Å². The number of sulfonamides is 1. The molecule has 1 N–H and O–H groups in total. The molecule has 0 spiro atoms. The first-order chi connectivity index (χ1) is 13.2. The first-order valence-corrected chi connectivity index (χ1v) is 10.2. The van der Waals surface area contributed by atoms with Gasteiger partial charge in [-0.25, -0.2) is 12.8 Å². The van der Waals surface area contributed by atoms with Crippen LogP contribution in [0.15, 0.2) is 70.6 Å². The molecule has 144 valence electrons. The second-order valence-electron chi connectivity index (χ2n) is 6.68. The van der Waals surface area contributed by atoms with Gasteiger partial charge in [-0.2, -0.15) is 0 Å².